The molecule has 1 aliphatic carbocycles. The summed E-state index contributed by atoms with van der Waals surface area (Å²) in [5.74, 6) is -1.47. The van der Waals surface area contributed by atoms with Crippen LogP contribution >= 0.6 is 0 Å². The standard InChI is InChI=1S/C30H33F3N4O4/c31-30(32,33)27-26(41-28(35-27)22-10-5-2-6-11-22)23(38)18-20-12-13-24(34-19-20)36-14-7-15-37(17-16-36)29(40)25(39)21-8-3-1-4-9-21/h2,5-6,10-13,19,21,25,39H,1,3-4,7-9,14-18H2/t25-/m1/s1. The normalized spacial score (nSPS) is 17.8. The first-order valence-corrected chi connectivity index (χ1v) is 14.0. The van der Waals surface area contributed by atoms with E-state index in [1.165, 1.54) is 6.20 Å². The minimum atomic E-state index is -4.85. The molecular formula is C30H33F3N4O4. The third kappa shape index (κ3) is 6.78. The minimum Gasteiger partial charge on any atom is -0.432 e. The first-order chi connectivity index (χ1) is 19.7. The molecule has 1 saturated carbocycles. The average molecular weight is 571 g/mol. The summed E-state index contributed by atoms with van der Waals surface area (Å²) in [5.41, 5.74) is -0.570. The van der Waals surface area contributed by atoms with E-state index < -0.39 is 29.5 Å². The van der Waals surface area contributed by atoms with Crippen LogP contribution in [0.1, 0.15) is 60.3 Å². The SMILES string of the molecule is O=C(Cc1ccc(N2CCCN(C(=O)[C@H](O)C3CCCCC3)CC2)nc1)c1oc(-c2ccccc2)nc1C(F)(F)F. The van der Waals surface area contributed by atoms with Gasteiger partial charge in [0.25, 0.3) is 5.91 Å². The predicted octanol–water partition coefficient (Wildman–Crippen LogP) is 5.16. The number of aliphatic hydroxyl groups excluding tert-OH is 1. The van der Waals surface area contributed by atoms with Crippen LogP contribution in [0.15, 0.2) is 53.1 Å². The third-order valence-corrected chi connectivity index (χ3v) is 7.82. The molecule has 218 valence electrons. The van der Waals surface area contributed by atoms with Crippen molar-refractivity contribution in [2.24, 2.45) is 5.92 Å². The van der Waals surface area contributed by atoms with Crippen molar-refractivity contribution in [2.45, 2.75) is 57.2 Å². The molecule has 1 N–H and O–H groups in total. The Morgan fingerprint density at radius 2 is 1.73 bits per heavy atom. The van der Waals surface area contributed by atoms with E-state index in [1.807, 2.05) is 4.90 Å². The number of hydrogen-bond donors (Lipinski definition) is 1. The Labute approximate surface area is 236 Å². The molecule has 2 aliphatic rings. The van der Waals surface area contributed by atoms with Crippen LogP contribution in [0.4, 0.5) is 19.0 Å². The van der Waals surface area contributed by atoms with Crippen LogP contribution in [0.5, 0.6) is 0 Å². The van der Waals surface area contributed by atoms with Crippen LogP contribution in [0.25, 0.3) is 11.5 Å². The number of nitrogens with zero attached hydrogens (tertiary/aromatic N) is 4. The lowest BCUT2D eigenvalue weighted by Crippen LogP contribution is -2.44. The number of hydrogen-bond acceptors (Lipinski definition) is 7. The zero-order valence-electron chi connectivity index (χ0n) is 22.6. The van der Waals surface area contributed by atoms with Crippen LogP contribution in [0.2, 0.25) is 0 Å². The van der Waals surface area contributed by atoms with Crippen molar-refractivity contribution in [2.75, 3.05) is 31.1 Å². The van der Waals surface area contributed by atoms with Crippen molar-refractivity contribution in [1.29, 1.82) is 0 Å². The van der Waals surface area contributed by atoms with Crippen LogP contribution < -0.4 is 4.90 Å². The maximum absolute atomic E-state index is 13.7. The Bertz CT molecular complexity index is 1340. The summed E-state index contributed by atoms with van der Waals surface area (Å²) in [7, 11) is 0. The fraction of sp³-hybridized carbons (Fsp3) is 0.467. The lowest BCUT2D eigenvalue weighted by atomic mass is 9.85. The molecule has 0 unspecified atom stereocenters. The number of pyridine rings is 1. The van der Waals surface area contributed by atoms with Gasteiger partial charge in [0.1, 0.15) is 11.9 Å². The summed E-state index contributed by atoms with van der Waals surface area (Å²) in [4.78, 5) is 37.6. The quantitative estimate of drug-likeness (QED) is 0.392. The highest BCUT2D eigenvalue weighted by Crippen LogP contribution is 2.35. The summed E-state index contributed by atoms with van der Waals surface area (Å²) in [5, 5.41) is 10.7. The van der Waals surface area contributed by atoms with E-state index in [4.69, 9.17) is 4.42 Å². The zero-order valence-corrected chi connectivity index (χ0v) is 22.6. The lowest BCUT2D eigenvalue weighted by molar-refractivity contribution is -0.143. The number of halogens is 3. The third-order valence-electron chi connectivity index (χ3n) is 7.82. The maximum atomic E-state index is 13.7. The number of amides is 1. The highest BCUT2D eigenvalue weighted by Gasteiger charge is 2.41. The lowest BCUT2D eigenvalue weighted by Gasteiger charge is -2.30. The summed E-state index contributed by atoms with van der Waals surface area (Å²) in [6, 6.07) is 11.5. The second-order valence-corrected chi connectivity index (χ2v) is 10.7. The molecule has 1 aromatic carbocycles. The van der Waals surface area contributed by atoms with Crippen LogP contribution in [0, 0.1) is 5.92 Å². The van der Waals surface area contributed by atoms with Gasteiger partial charge in [-0.25, -0.2) is 9.97 Å². The van der Waals surface area contributed by atoms with Crippen molar-refractivity contribution in [3.8, 4) is 11.5 Å². The summed E-state index contributed by atoms with van der Waals surface area (Å²) >= 11 is 0. The predicted molar refractivity (Wildman–Crippen MR) is 145 cm³/mol. The van der Waals surface area contributed by atoms with Gasteiger partial charge in [-0.3, -0.25) is 9.59 Å². The molecule has 1 atom stereocenters. The van der Waals surface area contributed by atoms with Gasteiger partial charge in [0.2, 0.25) is 17.4 Å². The van der Waals surface area contributed by atoms with Crippen LogP contribution in [-0.2, 0) is 17.4 Å². The molecule has 1 aliphatic heterocycles. The topological polar surface area (TPSA) is 99.8 Å². The van der Waals surface area contributed by atoms with Gasteiger partial charge >= 0.3 is 6.18 Å². The number of rotatable bonds is 7. The van der Waals surface area contributed by atoms with Gasteiger partial charge in [-0.05, 0) is 48.9 Å². The van der Waals surface area contributed by atoms with Crippen molar-refractivity contribution < 1.29 is 32.3 Å². The molecule has 8 nitrogen and oxygen atoms in total. The van der Waals surface area contributed by atoms with E-state index in [0.717, 1.165) is 32.1 Å². The minimum absolute atomic E-state index is 0.0293. The summed E-state index contributed by atoms with van der Waals surface area (Å²) in [6.07, 6.45) is 1.05. The smallest absolute Gasteiger partial charge is 0.432 e. The number of anilines is 1. The average Bonchev–Trinajstić information content (AvgIpc) is 3.31. The van der Waals surface area contributed by atoms with Gasteiger partial charge in [-0.15, -0.1) is 0 Å². The van der Waals surface area contributed by atoms with Gasteiger partial charge in [-0.1, -0.05) is 43.5 Å². The summed E-state index contributed by atoms with van der Waals surface area (Å²) < 4.78 is 46.3. The Balaban J connectivity index is 1.22. The molecule has 0 radical (unpaired) electrons. The second kappa shape index (κ2) is 12.4. The molecule has 2 aromatic heterocycles. The number of Topliss-reactive ketones (excluding diaryl/α,β-unsaturated/α-hetero) is 1. The van der Waals surface area contributed by atoms with Crippen molar-refractivity contribution in [3.05, 3.63) is 65.7 Å². The van der Waals surface area contributed by atoms with Gasteiger partial charge in [0.05, 0.1) is 0 Å². The highest BCUT2D eigenvalue weighted by molar-refractivity contribution is 5.96. The van der Waals surface area contributed by atoms with E-state index >= 15 is 0 Å². The molecular weight excluding hydrogens is 537 g/mol. The molecule has 11 heteroatoms. The Kier molecular flexibility index (Phi) is 8.72. The molecule has 41 heavy (non-hydrogen) atoms. The van der Waals surface area contributed by atoms with Crippen LogP contribution in [0.3, 0.4) is 0 Å². The van der Waals surface area contributed by atoms with Gasteiger partial charge in [0.15, 0.2) is 5.69 Å². The van der Waals surface area contributed by atoms with E-state index in [2.05, 4.69) is 9.97 Å². The van der Waals surface area contributed by atoms with Crippen molar-refractivity contribution >= 4 is 17.5 Å². The molecule has 1 saturated heterocycles. The molecule has 3 heterocycles. The number of benzene rings is 1. The van der Waals surface area contributed by atoms with Gasteiger partial charge < -0.3 is 19.3 Å². The Morgan fingerprint density at radius 3 is 2.41 bits per heavy atom. The summed E-state index contributed by atoms with van der Waals surface area (Å²) in [6.45, 7) is 2.20. The van der Waals surface area contributed by atoms with E-state index in [1.54, 1.807) is 47.4 Å². The largest absolute Gasteiger partial charge is 0.437 e. The first kappa shape index (κ1) is 28.8. The van der Waals surface area contributed by atoms with Gasteiger partial charge in [0, 0.05) is 44.4 Å². The van der Waals surface area contributed by atoms with Crippen molar-refractivity contribution in [1.82, 2.24) is 14.9 Å². The highest BCUT2D eigenvalue weighted by atomic mass is 19.4. The monoisotopic (exact) mass is 570 g/mol. The number of alkyl halides is 3. The second-order valence-electron chi connectivity index (χ2n) is 10.7. The van der Waals surface area contributed by atoms with E-state index in [9.17, 15) is 27.9 Å². The number of oxazole rings is 1. The fourth-order valence-electron chi connectivity index (χ4n) is 5.58. The molecule has 5 rings (SSSR count). The van der Waals surface area contributed by atoms with Crippen LogP contribution in [-0.4, -0.2) is 63.9 Å². The van der Waals surface area contributed by atoms with E-state index in [-0.39, 0.29) is 24.1 Å². The van der Waals surface area contributed by atoms with Crippen molar-refractivity contribution in [3.63, 3.8) is 0 Å². The molecule has 0 bridgehead atoms. The number of ketones is 1. The van der Waals surface area contributed by atoms with E-state index in [0.29, 0.717) is 49.5 Å². The number of aromatic nitrogens is 2. The molecule has 2 fully saturated rings. The fourth-order valence-corrected chi connectivity index (χ4v) is 5.58. The first-order valence-electron chi connectivity index (χ1n) is 14.0. The molecule has 3 aromatic rings. The number of aliphatic hydroxyl groups is 1. The molecule has 1 amide bonds. The number of carbonyl (C=O) groups is 2. The molecule has 0 spiro atoms. The Hall–Kier alpha value is -3.73. The Morgan fingerprint density at radius 1 is 0.976 bits per heavy atom. The zero-order chi connectivity index (χ0) is 29.0. The van der Waals surface area contributed by atoms with Gasteiger partial charge in [-0.2, -0.15) is 13.2 Å². The number of carbonyl (C=O) groups excluding carboxylic acids is 2. The maximum Gasteiger partial charge on any atom is 0.437 e.